The third-order valence-electron chi connectivity index (χ3n) is 4.21. The van der Waals surface area contributed by atoms with E-state index >= 15 is 0 Å². The van der Waals surface area contributed by atoms with Gasteiger partial charge in [-0.25, -0.2) is 4.79 Å². The average molecular weight is 361 g/mol. The van der Waals surface area contributed by atoms with Crippen LogP contribution in [0.15, 0.2) is 0 Å². The average Bonchev–Trinajstić information content (AvgIpc) is 2.34. The van der Waals surface area contributed by atoms with Crippen LogP contribution in [0.5, 0.6) is 0 Å². The second kappa shape index (κ2) is 8.77. The quantitative estimate of drug-likeness (QED) is 0.776. The second-order valence-electron chi connectivity index (χ2n) is 8.80. The number of likely N-dealkylation sites (tertiary alicyclic amines) is 1. The standard InChI is InChI=1S/C18H36N2O3S/c1-14(19-24(22)18(5,6)7)15-10-8-12-20(13-9-11-15)16(21)23-17(2,3)4/h14-15,19H,8-13H2,1-7H3/t14-,24+/m0/s1. The number of hydrogen-bond acceptors (Lipinski definition) is 4. The molecule has 24 heavy (non-hydrogen) atoms. The molecule has 1 saturated heterocycles. The Morgan fingerprint density at radius 1 is 1.17 bits per heavy atom. The number of carbonyl (C=O) groups excluding carboxylic acids is 1. The van der Waals surface area contributed by atoms with Crippen LogP contribution in [0, 0.1) is 5.92 Å². The van der Waals surface area contributed by atoms with Gasteiger partial charge in [0.25, 0.3) is 0 Å². The van der Waals surface area contributed by atoms with Crippen molar-refractivity contribution in [1.82, 2.24) is 9.62 Å². The highest BCUT2D eigenvalue weighted by Crippen LogP contribution is 2.24. The lowest BCUT2D eigenvalue weighted by Crippen LogP contribution is -2.47. The molecule has 0 saturated carbocycles. The van der Waals surface area contributed by atoms with Crippen LogP contribution in [0.1, 0.15) is 74.1 Å². The van der Waals surface area contributed by atoms with Crippen LogP contribution >= 0.6 is 0 Å². The van der Waals surface area contributed by atoms with Crippen LogP contribution in [-0.4, -0.2) is 45.0 Å². The van der Waals surface area contributed by atoms with Gasteiger partial charge in [-0.2, -0.15) is 0 Å². The summed E-state index contributed by atoms with van der Waals surface area (Å²) in [5, 5.41) is 0. The van der Waals surface area contributed by atoms with Gasteiger partial charge < -0.3 is 14.2 Å². The molecule has 0 aromatic heterocycles. The minimum atomic E-state index is -1.04. The van der Waals surface area contributed by atoms with Gasteiger partial charge in [-0.3, -0.25) is 0 Å². The van der Waals surface area contributed by atoms with E-state index in [9.17, 15) is 9.35 Å². The number of amides is 1. The van der Waals surface area contributed by atoms with Crippen molar-refractivity contribution in [1.29, 1.82) is 0 Å². The SMILES string of the molecule is C[C@H](N[S@+]([O-])C(C)(C)C)C1CCCN(C(=O)OC(C)(C)C)CCC1. The third kappa shape index (κ3) is 7.62. The maximum Gasteiger partial charge on any atom is 0.410 e. The van der Waals surface area contributed by atoms with Crippen LogP contribution < -0.4 is 4.72 Å². The van der Waals surface area contributed by atoms with Crippen molar-refractivity contribution in [3.8, 4) is 0 Å². The summed E-state index contributed by atoms with van der Waals surface area (Å²) in [6, 6.07) is 0.220. The van der Waals surface area contributed by atoms with Gasteiger partial charge in [0.05, 0.1) is 6.04 Å². The van der Waals surface area contributed by atoms with Crippen LogP contribution in [0.3, 0.4) is 0 Å². The molecule has 1 aliphatic heterocycles. The van der Waals surface area contributed by atoms with Crippen molar-refractivity contribution in [3.63, 3.8) is 0 Å². The number of nitrogens with zero attached hydrogens (tertiary/aromatic N) is 1. The molecule has 0 aromatic rings. The Hall–Kier alpha value is -0.460. The predicted octanol–water partition coefficient (Wildman–Crippen LogP) is 3.85. The Morgan fingerprint density at radius 3 is 2.08 bits per heavy atom. The van der Waals surface area contributed by atoms with Crippen LogP contribution in [-0.2, 0) is 16.1 Å². The Labute approximate surface area is 151 Å². The van der Waals surface area contributed by atoms with Crippen LogP contribution in [0.25, 0.3) is 0 Å². The second-order valence-corrected chi connectivity index (χ2v) is 10.8. The smallest absolute Gasteiger partial charge is 0.410 e. The molecule has 1 rings (SSSR count). The highest BCUT2D eigenvalue weighted by atomic mass is 32.2. The van der Waals surface area contributed by atoms with Crippen LogP contribution in [0.4, 0.5) is 4.79 Å². The highest BCUT2D eigenvalue weighted by molar-refractivity contribution is 7.90. The molecule has 2 atom stereocenters. The molecular weight excluding hydrogens is 324 g/mol. The number of rotatable bonds is 3. The lowest BCUT2D eigenvalue weighted by molar-refractivity contribution is 0.0226. The first-order valence-corrected chi connectivity index (χ1v) is 10.2. The van der Waals surface area contributed by atoms with Crippen molar-refractivity contribution in [3.05, 3.63) is 0 Å². The van der Waals surface area contributed by atoms with Crippen molar-refractivity contribution in [2.45, 2.75) is 90.5 Å². The van der Waals surface area contributed by atoms with Gasteiger partial charge in [-0.15, -0.1) is 4.72 Å². The van der Waals surface area contributed by atoms with E-state index in [1.165, 1.54) is 0 Å². The Kier molecular flexibility index (Phi) is 7.88. The van der Waals surface area contributed by atoms with E-state index in [1.807, 2.05) is 46.4 Å². The summed E-state index contributed by atoms with van der Waals surface area (Å²) in [6.45, 7) is 15.2. The fourth-order valence-electron chi connectivity index (χ4n) is 2.80. The first kappa shape index (κ1) is 21.6. The maximum absolute atomic E-state index is 12.3. The zero-order valence-electron chi connectivity index (χ0n) is 16.5. The van der Waals surface area contributed by atoms with Crippen molar-refractivity contribution < 1.29 is 14.1 Å². The molecule has 0 unspecified atom stereocenters. The summed E-state index contributed by atoms with van der Waals surface area (Å²) >= 11 is -1.04. The zero-order valence-corrected chi connectivity index (χ0v) is 17.3. The number of carbonyl (C=O) groups is 1. The molecule has 0 aromatic carbocycles. The largest absolute Gasteiger partial charge is 0.598 e. The summed E-state index contributed by atoms with van der Waals surface area (Å²) in [6.07, 6.45) is 3.78. The van der Waals surface area contributed by atoms with Gasteiger partial charge in [0.1, 0.15) is 10.3 Å². The lowest BCUT2D eigenvalue weighted by atomic mass is 9.90. The van der Waals surface area contributed by atoms with E-state index in [-0.39, 0.29) is 16.9 Å². The van der Waals surface area contributed by atoms with E-state index in [1.54, 1.807) is 0 Å². The third-order valence-corrected chi connectivity index (χ3v) is 5.91. The minimum Gasteiger partial charge on any atom is -0.598 e. The molecule has 0 bridgehead atoms. The number of ether oxygens (including phenoxy) is 1. The summed E-state index contributed by atoms with van der Waals surface area (Å²) in [7, 11) is 0. The van der Waals surface area contributed by atoms with Gasteiger partial charge in [-0.05, 0) is 80.1 Å². The maximum atomic E-state index is 12.3. The summed E-state index contributed by atoms with van der Waals surface area (Å²) in [5.41, 5.74) is -0.447. The zero-order chi connectivity index (χ0) is 18.5. The van der Waals surface area contributed by atoms with Crippen molar-refractivity contribution in [2.75, 3.05) is 13.1 Å². The fourth-order valence-corrected chi connectivity index (χ4v) is 3.68. The summed E-state index contributed by atoms with van der Waals surface area (Å²) < 4.78 is 20.8. The Balaban J connectivity index is 2.49. The predicted molar refractivity (Wildman–Crippen MR) is 100 cm³/mol. The van der Waals surface area contributed by atoms with E-state index in [2.05, 4.69) is 11.6 Å². The monoisotopic (exact) mass is 360 g/mol. The first-order chi connectivity index (χ1) is 10.9. The molecule has 0 aliphatic carbocycles. The van der Waals surface area contributed by atoms with E-state index < -0.39 is 17.0 Å². The number of nitrogens with one attached hydrogen (secondary N) is 1. The fraction of sp³-hybridized carbons (Fsp3) is 0.944. The molecule has 1 fully saturated rings. The lowest BCUT2D eigenvalue weighted by Gasteiger charge is -2.33. The van der Waals surface area contributed by atoms with Gasteiger partial charge >= 0.3 is 6.09 Å². The highest BCUT2D eigenvalue weighted by Gasteiger charge is 2.31. The Bertz CT molecular complexity index is 394. The van der Waals surface area contributed by atoms with Gasteiger partial charge in [0.2, 0.25) is 0 Å². The molecular formula is C18H36N2O3S. The molecule has 1 amide bonds. The molecule has 6 heteroatoms. The molecule has 0 spiro atoms. The summed E-state index contributed by atoms with van der Waals surface area (Å²) in [5.74, 6) is 0.497. The Morgan fingerprint density at radius 2 is 1.67 bits per heavy atom. The van der Waals surface area contributed by atoms with Gasteiger partial charge in [0.15, 0.2) is 0 Å². The molecule has 142 valence electrons. The summed E-state index contributed by atoms with van der Waals surface area (Å²) in [4.78, 5) is 14.0. The first-order valence-electron chi connectivity index (χ1n) is 9.06. The van der Waals surface area contributed by atoms with E-state index in [4.69, 9.17) is 4.74 Å². The minimum absolute atomic E-state index is 0.207. The topological polar surface area (TPSA) is 64.6 Å². The van der Waals surface area contributed by atoms with Gasteiger partial charge in [0, 0.05) is 24.5 Å². The number of hydrogen-bond donors (Lipinski definition) is 1. The molecule has 0 radical (unpaired) electrons. The van der Waals surface area contributed by atoms with Crippen molar-refractivity contribution >= 4 is 17.5 Å². The normalized spacial score (nSPS) is 20.9. The van der Waals surface area contributed by atoms with E-state index in [0.29, 0.717) is 5.92 Å². The van der Waals surface area contributed by atoms with Crippen molar-refractivity contribution in [2.24, 2.45) is 5.92 Å². The molecule has 5 nitrogen and oxygen atoms in total. The van der Waals surface area contributed by atoms with Crippen LogP contribution in [0.2, 0.25) is 0 Å². The molecule has 1 aliphatic rings. The molecule has 1 N–H and O–H groups in total. The molecule has 1 heterocycles. The van der Waals surface area contributed by atoms with E-state index in [0.717, 1.165) is 38.8 Å². The van der Waals surface area contributed by atoms with Gasteiger partial charge in [-0.1, -0.05) is 0 Å².